The highest BCUT2D eigenvalue weighted by Gasteiger charge is 2.19. The molecule has 0 aromatic rings. The van der Waals surface area contributed by atoms with Gasteiger partial charge >= 0.3 is 17.9 Å². The monoisotopic (exact) mass is 945 g/mol. The first kappa shape index (κ1) is 64.3. The molecule has 0 unspecified atom stereocenters. The van der Waals surface area contributed by atoms with Gasteiger partial charge in [0.05, 0.1) is 0 Å². The van der Waals surface area contributed by atoms with E-state index in [0.29, 0.717) is 19.3 Å². The topological polar surface area (TPSA) is 78.9 Å². The Hall–Kier alpha value is -3.67. The van der Waals surface area contributed by atoms with Crippen LogP contribution in [0.5, 0.6) is 0 Å². The lowest BCUT2D eigenvalue weighted by Crippen LogP contribution is -2.30. The molecule has 0 aromatic heterocycles. The molecule has 0 N–H and O–H groups in total. The molecular weight excluding hydrogens is 841 g/mol. The maximum Gasteiger partial charge on any atom is 0.306 e. The van der Waals surface area contributed by atoms with Crippen LogP contribution in [0.4, 0.5) is 0 Å². The van der Waals surface area contributed by atoms with Gasteiger partial charge in [-0.3, -0.25) is 14.4 Å². The molecule has 0 aliphatic heterocycles. The molecule has 68 heavy (non-hydrogen) atoms. The number of hydrogen-bond donors (Lipinski definition) is 0. The van der Waals surface area contributed by atoms with Gasteiger partial charge in [-0.15, -0.1) is 0 Å². The average molecular weight is 946 g/mol. The summed E-state index contributed by atoms with van der Waals surface area (Å²) < 4.78 is 16.8. The zero-order valence-electron chi connectivity index (χ0n) is 44.3. The van der Waals surface area contributed by atoms with E-state index in [1.54, 1.807) is 0 Å². The van der Waals surface area contributed by atoms with Crippen LogP contribution < -0.4 is 0 Å². The molecule has 6 nitrogen and oxygen atoms in total. The van der Waals surface area contributed by atoms with Gasteiger partial charge in [0.2, 0.25) is 0 Å². The number of rotatable bonds is 50. The number of hydrogen-bond acceptors (Lipinski definition) is 6. The van der Waals surface area contributed by atoms with Crippen molar-refractivity contribution in [2.45, 2.75) is 264 Å². The first-order valence-electron chi connectivity index (χ1n) is 28.2. The summed E-state index contributed by atoms with van der Waals surface area (Å²) in [7, 11) is 0. The van der Waals surface area contributed by atoms with Crippen molar-refractivity contribution in [3.8, 4) is 0 Å². The Labute approximate surface area is 419 Å². The van der Waals surface area contributed by atoms with Crippen LogP contribution in [0.25, 0.3) is 0 Å². The van der Waals surface area contributed by atoms with Crippen LogP contribution in [0.3, 0.4) is 0 Å². The molecule has 0 saturated carbocycles. The Morgan fingerprint density at radius 2 is 0.588 bits per heavy atom. The van der Waals surface area contributed by atoms with Gasteiger partial charge in [-0.25, -0.2) is 0 Å². The Kier molecular flexibility index (Phi) is 52.9. The molecule has 1 atom stereocenters. The molecule has 0 fully saturated rings. The number of esters is 3. The fraction of sp³-hybridized carbons (Fsp3) is 0.694. The summed E-state index contributed by atoms with van der Waals surface area (Å²) in [4.78, 5) is 38.1. The standard InChI is InChI=1S/C62H104O6/c1-4-7-10-13-16-19-22-25-28-30-31-33-34-37-40-43-46-49-52-55-61(64)67-58-59(57-66-60(63)54-51-48-45-42-39-36-27-24-21-18-15-12-9-6-3)68-62(65)56-53-50-47-44-41-38-35-32-29-26-23-20-17-14-11-8-5-2/h7,10,15-16,18-19,24-29,31,33,37,40,59H,4-6,8-9,11-14,17,20-23,30,32,34-36,38-39,41-58H2,1-3H3/b10-7+,18-15+,19-16+,27-24+,28-25+,29-26+,33-31+,40-37+/t59-/m1/s1. The van der Waals surface area contributed by atoms with Crippen molar-refractivity contribution in [1.82, 2.24) is 0 Å². The van der Waals surface area contributed by atoms with Crippen molar-refractivity contribution in [3.63, 3.8) is 0 Å². The van der Waals surface area contributed by atoms with Gasteiger partial charge in [0, 0.05) is 19.3 Å². The Morgan fingerprint density at radius 3 is 0.971 bits per heavy atom. The normalized spacial score (nSPS) is 12.8. The highest BCUT2D eigenvalue weighted by atomic mass is 16.6. The second kappa shape index (κ2) is 55.9. The second-order valence-electron chi connectivity index (χ2n) is 18.5. The largest absolute Gasteiger partial charge is 0.462 e. The minimum absolute atomic E-state index is 0.0978. The lowest BCUT2D eigenvalue weighted by Gasteiger charge is -2.18. The lowest BCUT2D eigenvalue weighted by molar-refractivity contribution is -0.167. The van der Waals surface area contributed by atoms with E-state index >= 15 is 0 Å². The quantitative estimate of drug-likeness (QED) is 0.0262. The van der Waals surface area contributed by atoms with Crippen molar-refractivity contribution < 1.29 is 28.6 Å². The van der Waals surface area contributed by atoms with E-state index < -0.39 is 6.10 Å². The SMILES string of the molecule is CC/C=C/C/C=C/C/C=C/C/C=C/C/C=C/CCCCCC(=O)OC[C@@H](COC(=O)CCCCCCC/C=C/C/C=C/CCCC)OC(=O)CCCCCCCCC/C=C/CCCCCCCC. The number of carbonyl (C=O) groups is 3. The van der Waals surface area contributed by atoms with Crippen LogP contribution in [0.1, 0.15) is 258 Å². The van der Waals surface area contributed by atoms with Crippen LogP contribution in [0.15, 0.2) is 97.2 Å². The molecule has 0 bridgehead atoms. The van der Waals surface area contributed by atoms with Crippen molar-refractivity contribution in [2.24, 2.45) is 0 Å². The van der Waals surface area contributed by atoms with Crippen LogP contribution in [-0.4, -0.2) is 37.2 Å². The summed E-state index contributed by atoms with van der Waals surface area (Å²) in [5, 5.41) is 0. The third kappa shape index (κ3) is 53.3. The number of ether oxygens (including phenoxy) is 3. The molecule has 0 heterocycles. The molecule has 0 aromatic carbocycles. The first-order valence-corrected chi connectivity index (χ1v) is 28.2. The van der Waals surface area contributed by atoms with Crippen LogP contribution in [0, 0.1) is 0 Å². The van der Waals surface area contributed by atoms with E-state index in [2.05, 4.69) is 118 Å². The van der Waals surface area contributed by atoms with Crippen molar-refractivity contribution in [2.75, 3.05) is 13.2 Å². The van der Waals surface area contributed by atoms with E-state index in [9.17, 15) is 14.4 Å². The molecule has 0 amide bonds. The number of carbonyl (C=O) groups excluding carboxylic acids is 3. The summed E-state index contributed by atoms with van der Waals surface area (Å²) in [6.07, 6.45) is 73.9. The molecule has 0 spiro atoms. The van der Waals surface area contributed by atoms with Gasteiger partial charge in [-0.2, -0.15) is 0 Å². The van der Waals surface area contributed by atoms with Crippen LogP contribution >= 0.6 is 0 Å². The zero-order valence-corrected chi connectivity index (χ0v) is 44.3. The Bertz CT molecular complexity index is 1360. The van der Waals surface area contributed by atoms with Gasteiger partial charge in [-0.1, -0.05) is 221 Å². The number of allylic oxidation sites excluding steroid dienone is 16. The third-order valence-electron chi connectivity index (χ3n) is 11.8. The molecule has 0 aliphatic carbocycles. The summed E-state index contributed by atoms with van der Waals surface area (Å²) >= 11 is 0. The van der Waals surface area contributed by atoms with E-state index in [4.69, 9.17) is 14.2 Å². The molecule has 0 radical (unpaired) electrons. The Morgan fingerprint density at radius 1 is 0.309 bits per heavy atom. The minimum Gasteiger partial charge on any atom is -0.462 e. The van der Waals surface area contributed by atoms with Crippen LogP contribution in [-0.2, 0) is 28.6 Å². The molecule has 6 heteroatoms. The minimum atomic E-state index is -0.800. The third-order valence-corrected chi connectivity index (χ3v) is 11.8. The van der Waals surface area contributed by atoms with Crippen molar-refractivity contribution in [1.29, 1.82) is 0 Å². The van der Waals surface area contributed by atoms with Gasteiger partial charge < -0.3 is 14.2 Å². The van der Waals surface area contributed by atoms with Gasteiger partial charge in [0.25, 0.3) is 0 Å². The fourth-order valence-corrected chi connectivity index (χ4v) is 7.54. The summed E-state index contributed by atoms with van der Waals surface area (Å²) in [5.74, 6) is -0.946. The fourth-order valence-electron chi connectivity index (χ4n) is 7.54. The summed E-state index contributed by atoms with van der Waals surface area (Å²) in [6.45, 7) is 6.44. The van der Waals surface area contributed by atoms with Gasteiger partial charge in [-0.05, 0) is 116 Å². The maximum absolute atomic E-state index is 12.9. The smallest absolute Gasteiger partial charge is 0.306 e. The maximum atomic E-state index is 12.9. The molecule has 0 aliphatic rings. The van der Waals surface area contributed by atoms with E-state index in [0.717, 1.165) is 122 Å². The average Bonchev–Trinajstić information content (AvgIpc) is 3.34. The first-order chi connectivity index (χ1) is 33.5. The predicted molar refractivity (Wildman–Crippen MR) is 293 cm³/mol. The van der Waals surface area contributed by atoms with Gasteiger partial charge in [0.15, 0.2) is 6.10 Å². The Balaban J connectivity index is 4.47. The molecular formula is C62H104O6. The second-order valence-corrected chi connectivity index (χ2v) is 18.5. The van der Waals surface area contributed by atoms with E-state index in [1.165, 1.54) is 96.3 Å². The number of unbranched alkanes of at least 4 members (excludes halogenated alkanes) is 23. The van der Waals surface area contributed by atoms with Gasteiger partial charge in [0.1, 0.15) is 13.2 Å². The predicted octanol–water partition coefficient (Wildman–Crippen LogP) is 18.9. The van der Waals surface area contributed by atoms with Crippen molar-refractivity contribution in [3.05, 3.63) is 97.2 Å². The zero-order chi connectivity index (χ0) is 49.3. The molecule has 0 rings (SSSR count). The van der Waals surface area contributed by atoms with E-state index in [-0.39, 0.29) is 31.1 Å². The van der Waals surface area contributed by atoms with Crippen molar-refractivity contribution >= 4 is 17.9 Å². The van der Waals surface area contributed by atoms with E-state index in [1.807, 2.05) is 0 Å². The molecule has 388 valence electrons. The lowest BCUT2D eigenvalue weighted by atomic mass is 10.1. The highest BCUT2D eigenvalue weighted by molar-refractivity contribution is 5.71. The summed E-state index contributed by atoms with van der Waals surface area (Å²) in [6, 6.07) is 0. The summed E-state index contributed by atoms with van der Waals surface area (Å²) in [5.41, 5.74) is 0. The van der Waals surface area contributed by atoms with Crippen LogP contribution in [0.2, 0.25) is 0 Å². The highest BCUT2D eigenvalue weighted by Crippen LogP contribution is 2.14. The molecule has 0 saturated heterocycles.